The molecule has 8 heteroatoms. The number of ether oxygens (including phenoxy) is 1. The molecule has 2 aromatic rings. The fraction of sp³-hybridized carbons (Fsp3) is 0.333. The van der Waals surface area contributed by atoms with Crippen LogP contribution in [0.5, 0.6) is 5.75 Å². The second kappa shape index (κ2) is 7.56. The van der Waals surface area contributed by atoms with E-state index in [4.69, 9.17) is 11.1 Å². The van der Waals surface area contributed by atoms with Crippen molar-refractivity contribution < 1.29 is 26.7 Å². The van der Waals surface area contributed by atoms with E-state index < -0.39 is 31.9 Å². The highest BCUT2D eigenvalue weighted by Crippen LogP contribution is 2.36. The molecule has 26 heavy (non-hydrogen) atoms. The second-order valence-corrected chi connectivity index (χ2v) is 9.87. The molecule has 1 saturated heterocycles. The van der Waals surface area contributed by atoms with Gasteiger partial charge in [-0.2, -0.15) is 11.1 Å². The number of benzene rings is 2. The Morgan fingerprint density at radius 3 is 1.96 bits per heavy atom. The lowest BCUT2D eigenvalue weighted by Gasteiger charge is -2.24. The first-order valence-corrected chi connectivity index (χ1v) is 11.0. The van der Waals surface area contributed by atoms with Gasteiger partial charge in [0.25, 0.3) is 0 Å². The minimum absolute atomic E-state index is 0.149. The monoisotopic (exact) mass is 405 g/mol. The van der Waals surface area contributed by atoms with Gasteiger partial charge in [-0.25, -0.2) is 8.78 Å². The fourth-order valence-corrected chi connectivity index (χ4v) is 5.38. The highest BCUT2D eigenvalue weighted by molar-refractivity contribution is 7.07. The summed E-state index contributed by atoms with van der Waals surface area (Å²) in [6, 6.07) is 11.0. The van der Waals surface area contributed by atoms with Gasteiger partial charge in [0.05, 0.1) is 0 Å². The van der Waals surface area contributed by atoms with E-state index >= 15 is 0 Å². The zero-order valence-electron chi connectivity index (χ0n) is 13.5. The van der Waals surface area contributed by atoms with E-state index in [0.29, 0.717) is 11.5 Å². The number of hydrogen-bond donors (Lipinski definition) is 0. The minimum Gasteiger partial charge on any atom is -0.399 e. The van der Waals surface area contributed by atoms with Crippen LogP contribution >= 0.6 is 11.1 Å². The summed E-state index contributed by atoms with van der Waals surface area (Å²) in [5.74, 6) is -3.82. The molecule has 0 saturated carbocycles. The lowest BCUT2D eigenvalue weighted by atomic mass is 9.92. The molecule has 0 aromatic heterocycles. The zero-order chi connectivity index (χ0) is 18.9. The molecule has 2 aromatic carbocycles. The summed E-state index contributed by atoms with van der Waals surface area (Å²) < 4.78 is 67.7. The van der Waals surface area contributed by atoms with Gasteiger partial charge in [-0.05, 0) is 59.7 Å². The van der Waals surface area contributed by atoms with Crippen molar-refractivity contribution in [3.63, 3.8) is 0 Å². The molecule has 1 heterocycles. The van der Waals surface area contributed by atoms with Gasteiger partial charge in [0, 0.05) is 0 Å². The average molecular weight is 406 g/mol. The van der Waals surface area contributed by atoms with Crippen molar-refractivity contribution in [2.45, 2.75) is 37.2 Å². The zero-order valence-corrected chi connectivity index (χ0v) is 15.3. The molecule has 0 atom stereocenters. The largest absolute Gasteiger partial charge is 0.573 e. The Balaban J connectivity index is 1.81. The molecule has 0 aliphatic carbocycles. The maximum Gasteiger partial charge on any atom is 0.573 e. The summed E-state index contributed by atoms with van der Waals surface area (Å²) in [6.07, 6.45) is -3.09. The summed E-state index contributed by atoms with van der Waals surface area (Å²) in [6.45, 7) is 0. The van der Waals surface area contributed by atoms with E-state index in [1.807, 2.05) is 12.1 Å². The topological polar surface area (TPSA) is 9.23 Å². The van der Waals surface area contributed by atoms with Crippen molar-refractivity contribution in [3.05, 3.63) is 53.6 Å². The molecular formula is C18H15ClF5OSi. The molecule has 1 aliphatic rings. The highest BCUT2D eigenvalue weighted by atomic mass is 35.6. The molecule has 3 rings (SSSR count). The van der Waals surface area contributed by atoms with Crippen molar-refractivity contribution in [2.24, 2.45) is 0 Å². The SMILES string of the molecule is Fc1cc(-c2ccc(C3CC[Si](Cl)CC3)cc2)cc(F)c1OC(F)(F)F. The van der Waals surface area contributed by atoms with Gasteiger partial charge in [-0.3, -0.25) is 0 Å². The first-order valence-electron chi connectivity index (χ1n) is 8.08. The molecule has 0 unspecified atom stereocenters. The first kappa shape index (κ1) is 19.2. The highest BCUT2D eigenvalue weighted by Gasteiger charge is 2.34. The van der Waals surface area contributed by atoms with E-state index in [9.17, 15) is 22.0 Å². The summed E-state index contributed by atoms with van der Waals surface area (Å²) in [7, 11) is -0.713. The Hall–Kier alpha value is -1.60. The van der Waals surface area contributed by atoms with Crippen LogP contribution < -0.4 is 4.74 Å². The third-order valence-corrected chi connectivity index (χ3v) is 7.26. The van der Waals surface area contributed by atoms with Gasteiger partial charge < -0.3 is 4.74 Å². The van der Waals surface area contributed by atoms with Crippen molar-refractivity contribution in [2.75, 3.05) is 0 Å². The van der Waals surface area contributed by atoms with Gasteiger partial charge in [0.15, 0.2) is 19.7 Å². The number of hydrogen-bond acceptors (Lipinski definition) is 1. The number of alkyl halides is 3. The molecular weight excluding hydrogens is 391 g/mol. The number of halogens is 6. The van der Waals surface area contributed by atoms with Crippen LogP contribution in [0.3, 0.4) is 0 Å². The third-order valence-electron chi connectivity index (χ3n) is 4.46. The van der Waals surface area contributed by atoms with Gasteiger partial charge in [-0.1, -0.05) is 24.3 Å². The Morgan fingerprint density at radius 2 is 1.46 bits per heavy atom. The predicted octanol–water partition coefficient (Wildman–Crippen LogP) is 6.64. The van der Waals surface area contributed by atoms with Crippen LogP contribution in [-0.4, -0.2) is 14.5 Å². The van der Waals surface area contributed by atoms with E-state index in [-0.39, 0.29) is 5.56 Å². The van der Waals surface area contributed by atoms with Crippen molar-refractivity contribution in [3.8, 4) is 16.9 Å². The van der Waals surface area contributed by atoms with E-state index in [1.165, 1.54) is 0 Å². The van der Waals surface area contributed by atoms with E-state index in [0.717, 1.165) is 42.6 Å². The maximum absolute atomic E-state index is 13.9. The summed E-state index contributed by atoms with van der Waals surface area (Å²) in [5, 5.41) is 0. The molecule has 0 N–H and O–H groups in total. The van der Waals surface area contributed by atoms with Crippen LogP contribution in [-0.2, 0) is 0 Å². The molecule has 0 amide bonds. The van der Waals surface area contributed by atoms with Crippen molar-refractivity contribution in [1.29, 1.82) is 0 Å². The summed E-state index contributed by atoms with van der Waals surface area (Å²) in [5.41, 5.74) is 1.80. The van der Waals surface area contributed by atoms with Gasteiger partial charge in [-0.15, -0.1) is 13.2 Å². The normalized spacial score (nSPS) is 16.7. The lowest BCUT2D eigenvalue weighted by Crippen LogP contribution is -2.19. The molecule has 1 nitrogen and oxygen atoms in total. The van der Waals surface area contributed by atoms with E-state index in [1.54, 1.807) is 12.1 Å². The second-order valence-electron chi connectivity index (χ2n) is 6.23. The predicted molar refractivity (Wildman–Crippen MR) is 91.7 cm³/mol. The molecule has 0 spiro atoms. The summed E-state index contributed by atoms with van der Waals surface area (Å²) >= 11 is 6.21. The minimum atomic E-state index is -5.16. The first-order chi connectivity index (χ1) is 12.2. The lowest BCUT2D eigenvalue weighted by molar-refractivity contribution is -0.276. The van der Waals surface area contributed by atoms with Gasteiger partial charge >= 0.3 is 6.36 Å². The van der Waals surface area contributed by atoms with Crippen LogP contribution in [0.25, 0.3) is 11.1 Å². The van der Waals surface area contributed by atoms with E-state index in [2.05, 4.69) is 4.74 Å². The van der Waals surface area contributed by atoms with Gasteiger partial charge in [0.2, 0.25) is 5.75 Å². The smallest absolute Gasteiger partial charge is 0.399 e. The van der Waals surface area contributed by atoms with Gasteiger partial charge in [0.1, 0.15) is 0 Å². The quantitative estimate of drug-likeness (QED) is 0.316. The van der Waals surface area contributed by atoms with Crippen LogP contribution in [0.1, 0.15) is 24.3 Å². The third kappa shape index (κ3) is 4.56. The Labute approximate surface area is 154 Å². The van der Waals surface area contributed by atoms with Crippen LogP contribution in [0, 0.1) is 11.6 Å². The average Bonchev–Trinajstić information content (AvgIpc) is 2.58. The Bertz CT molecular complexity index is 747. The van der Waals surface area contributed by atoms with Crippen molar-refractivity contribution in [1.82, 2.24) is 0 Å². The number of rotatable bonds is 3. The molecule has 0 bridgehead atoms. The molecule has 1 radical (unpaired) electrons. The Kier molecular flexibility index (Phi) is 5.57. The molecule has 1 fully saturated rings. The fourth-order valence-electron chi connectivity index (χ4n) is 3.15. The summed E-state index contributed by atoms with van der Waals surface area (Å²) in [4.78, 5) is 0. The van der Waals surface area contributed by atoms with Crippen LogP contribution in [0.2, 0.25) is 12.1 Å². The van der Waals surface area contributed by atoms with Crippen molar-refractivity contribution >= 4 is 19.2 Å². The Morgan fingerprint density at radius 1 is 0.923 bits per heavy atom. The standard InChI is InChI=1S/C18H15ClF5OSi/c19-26-7-5-13(6-8-26)11-1-3-12(4-2-11)14-9-15(20)17(16(21)10-14)25-18(22,23)24/h1-4,9-10,13H,5-8H2. The maximum atomic E-state index is 13.9. The van der Waals surface area contributed by atoms with Crippen LogP contribution in [0.4, 0.5) is 22.0 Å². The molecule has 139 valence electrons. The molecule has 1 aliphatic heterocycles. The van der Waals surface area contributed by atoms with Crippen LogP contribution in [0.15, 0.2) is 36.4 Å².